The number of hydrogen-bond acceptors (Lipinski definition) is 5. The fraction of sp³-hybridized carbons (Fsp3) is 0.385. The Morgan fingerprint density at radius 2 is 2.17 bits per heavy atom. The molecule has 1 aromatic heterocycles. The van der Waals surface area contributed by atoms with Gasteiger partial charge in [0, 0.05) is 5.69 Å². The highest BCUT2D eigenvalue weighted by Gasteiger charge is 2.14. The Bertz CT molecular complexity index is 647. The smallest absolute Gasteiger partial charge is 0.397 e. The minimum Gasteiger partial charge on any atom is -0.450 e. The van der Waals surface area contributed by atoms with Crippen LogP contribution in [0.15, 0.2) is 15.3 Å². The van der Waals surface area contributed by atoms with E-state index in [0.717, 1.165) is 11.1 Å². The minimum absolute atomic E-state index is 0.00856. The molecule has 5 heteroatoms. The quantitative estimate of drug-likeness (QED) is 0.841. The average Bonchev–Trinajstić information content (AvgIpc) is 2.34. The standard InChI is InChI=1S/C13H16N2O3/c1-4-8-6-9(14)7(3)11-10(8)12(16)18-13(15-11)17-5-2/h6H,4-5,14H2,1-3H3. The number of aryl methyl sites for hydroxylation is 2. The first-order chi connectivity index (χ1) is 8.58. The number of ether oxygens (including phenoxy) is 1. The summed E-state index contributed by atoms with van der Waals surface area (Å²) in [6, 6.07) is 1.80. The summed E-state index contributed by atoms with van der Waals surface area (Å²) in [5.74, 6) is 0. The summed E-state index contributed by atoms with van der Waals surface area (Å²) >= 11 is 0. The molecule has 0 aliphatic heterocycles. The summed E-state index contributed by atoms with van der Waals surface area (Å²) < 4.78 is 10.2. The fourth-order valence-corrected chi connectivity index (χ4v) is 1.92. The number of anilines is 1. The molecule has 0 unspecified atom stereocenters. The molecule has 18 heavy (non-hydrogen) atoms. The molecular formula is C13H16N2O3. The molecule has 96 valence electrons. The van der Waals surface area contributed by atoms with Gasteiger partial charge < -0.3 is 14.9 Å². The van der Waals surface area contributed by atoms with E-state index in [1.165, 1.54) is 0 Å². The van der Waals surface area contributed by atoms with Gasteiger partial charge in [-0.1, -0.05) is 6.92 Å². The first kappa shape index (κ1) is 12.4. The topological polar surface area (TPSA) is 78.4 Å². The van der Waals surface area contributed by atoms with E-state index in [1.54, 1.807) is 13.0 Å². The van der Waals surface area contributed by atoms with Gasteiger partial charge in [-0.3, -0.25) is 0 Å². The molecular weight excluding hydrogens is 232 g/mol. The fourth-order valence-electron chi connectivity index (χ4n) is 1.92. The number of aromatic nitrogens is 1. The van der Waals surface area contributed by atoms with Crippen molar-refractivity contribution in [1.82, 2.24) is 4.98 Å². The van der Waals surface area contributed by atoms with E-state index in [9.17, 15) is 4.79 Å². The SMILES string of the molecule is CCOc1nc2c(C)c(N)cc(CC)c2c(=O)o1. The lowest BCUT2D eigenvalue weighted by Gasteiger charge is -2.09. The molecule has 2 rings (SSSR count). The van der Waals surface area contributed by atoms with Crippen molar-refractivity contribution in [3.63, 3.8) is 0 Å². The largest absolute Gasteiger partial charge is 0.450 e. The third-order valence-electron chi connectivity index (χ3n) is 2.91. The van der Waals surface area contributed by atoms with Crippen LogP contribution in [0.5, 0.6) is 6.08 Å². The van der Waals surface area contributed by atoms with Gasteiger partial charge in [0.15, 0.2) is 0 Å². The normalized spacial score (nSPS) is 10.8. The Hall–Kier alpha value is -2.04. The van der Waals surface area contributed by atoms with Crippen LogP contribution in [-0.4, -0.2) is 11.6 Å². The Labute approximate surface area is 105 Å². The van der Waals surface area contributed by atoms with Crippen molar-refractivity contribution in [2.75, 3.05) is 12.3 Å². The summed E-state index contributed by atoms with van der Waals surface area (Å²) in [5.41, 5.74) is 8.30. The van der Waals surface area contributed by atoms with Crippen molar-refractivity contribution in [2.45, 2.75) is 27.2 Å². The zero-order valence-electron chi connectivity index (χ0n) is 10.7. The molecule has 0 spiro atoms. The summed E-state index contributed by atoms with van der Waals surface area (Å²) in [6.45, 7) is 5.98. The van der Waals surface area contributed by atoms with Gasteiger partial charge in [0.2, 0.25) is 0 Å². The van der Waals surface area contributed by atoms with Gasteiger partial charge in [0.25, 0.3) is 0 Å². The van der Waals surface area contributed by atoms with Gasteiger partial charge in [-0.05, 0) is 37.5 Å². The second kappa shape index (κ2) is 4.68. The Morgan fingerprint density at radius 1 is 1.44 bits per heavy atom. The number of nitrogen functional groups attached to an aromatic ring is 1. The average molecular weight is 248 g/mol. The van der Waals surface area contributed by atoms with Crippen LogP contribution < -0.4 is 16.1 Å². The summed E-state index contributed by atoms with van der Waals surface area (Å²) in [7, 11) is 0. The van der Waals surface area contributed by atoms with Crippen LogP contribution >= 0.6 is 0 Å². The van der Waals surface area contributed by atoms with E-state index in [2.05, 4.69) is 4.98 Å². The van der Waals surface area contributed by atoms with Gasteiger partial charge in [-0.15, -0.1) is 0 Å². The molecule has 0 aliphatic rings. The Kier molecular flexibility index (Phi) is 3.23. The van der Waals surface area contributed by atoms with Gasteiger partial charge in [-0.2, -0.15) is 4.98 Å². The Morgan fingerprint density at radius 3 is 2.78 bits per heavy atom. The van der Waals surface area contributed by atoms with Crippen LogP contribution in [0.25, 0.3) is 10.9 Å². The molecule has 2 N–H and O–H groups in total. The maximum atomic E-state index is 12.0. The van der Waals surface area contributed by atoms with Crippen molar-refractivity contribution in [3.05, 3.63) is 27.6 Å². The Balaban J connectivity index is 2.86. The molecule has 0 amide bonds. The number of benzene rings is 1. The lowest BCUT2D eigenvalue weighted by atomic mass is 10.0. The first-order valence-electron chi connectivity index (χ1n) is 5.94. The number of nitrogens with zero attached hydrogens (tertiary/aromatic N) is 1. The van der Waals surface area contributed by atoms with Crippen LogP contribution in [0, 0.1) is 6.92 Å². The molecule has 0 saturated carbocycles. The van der Waals surface area contributed by atoms with Gasteiger partial charge in [0.1, 0.15) is 0 Å². The number of rotatable bonds is 3. The number of nitrogens with two attached hydrogens (primary N) is 1. The van der Waals surface area contributed by atoms with Crippen molar-refractivity contribution >= 4 is 16.6 Å². The first-order valence-corrected chi connectivity index (χ1v) is 5.94. The van der Waals surface area contributed by atoms with Crippen LogP contribution in [0.2, 0.25) is 0 Å². The van der Waals surface area contributed by atoms with E-state index in [1.807, 2.05) is 13.8 Å². The third-order valence-corrected chi connectivity index (χ3v) is 2.91. The maximum absolute atomic E-state index is 12.0. The molecule has 0 radical (unpaired) electrons. The highest BCUT2D eigenvalue weighted by Crippen LogP contribution is 2.25. The molecule has 1 heterocycles. The van der Waals surface area contributed by atoms with Crippen molar-refractivity contribution in [2.24, 2.45) is 0 Å². The lowest BCUT2D eigenvalue weighted by Crippen LogP contribution is -2.09. The van der Waals surface area contributed by atoms with Gasteiger partial charge >= 0.3 is 11.7 Å². The molecule has 0 saturated heterocycles. The lowest BCUT2D eigenvalue weighted by molar-refractivity contribution is 0.229. The van der Waals surface area contributed by atoms with Crippen LogP contribution in [0.3, 0.4) is 0 Å². The van der Waals surface area contributed by atoms with E-state index < -0.39 is 5.63 Å². The van der Waals surface area contributed by atoms with Crippen LogP contribution in [0.1, 0.15) is 25.0 Å². The molecule has 0 aliphatic carbocycles. The molecule has 1 aromatic carbocycles. The molecule has 0 atom stereocenters. The highest BCUT2D eigenvalue weighted by molar-refractivity contribution is 5.88. The van der Waals surface area contributed by atoms with Crippen molar-refractivity contribution < 1.29 is 9.15 Å². The van der Waals surface area contributed by atoms with Crippen LogP contribution in [-0.2, 0) is 6.42 Å². The molecule has 5 nitrogen and oxygen atoms in total. The van der Waals surface area contributed by atoms with Crippen LogP contribution in [0.4, 0.5) is 5.69 Å². The second-order valence-corrected chi connectivity index (χ2v) is 4.03. The van der Waals surface area contributed by atoms with Crippen molar-refractivity contribution in [1.29, 1.82) is 0 Å². The van der Waals surface area contributed by atoms with E-state index >= 15 is 0 Å². The zero-order chi connectivity index (χ0) is 13.3. The summed E-state index contributed by atoms with van der Waals surface area (Å²) in [6.07, 6.45) is 0.687. The minimum atomic E-state index is -0.427. The second-order valence-electron chi connectivity index (χ2n) is 4.03. The summed E-state index contributed by atoms with van der Waals surface area (Å²) in [4.78, 5) is 16.2. The third kappa shape index (κ3) is 1.92. The van der Waals surface area contributed by atoms with E-state index in [4.69, 9.17) is 14.9 Å². The van der Waals surface area contributed by atoms with E-state index in [-0.39, 0.29) is 6.08 Å². The zero-order valence-corrected chi connectivity index (χ0v) is 10.7. The monoisotopic (exact) mass is 248 g/mol. The number of hydrogen-bond donors (Lipinski definition) is 1. The molecule has 0 fully saturated rings. The predicted molar refractivity (Wildman–Crippen MR) is 70.0 cm³/mol. The highest BCUT2D eigenvalue weighted by atomic mass is 16.6. The number of fused-ring (bicyclic) bond motifs is 1. The molecule has 0 bridgehead atoms. The summed E-state index contributed by atoms with van der Waals surface area (Å²) in [5, 5.41) is 0.493. The predicted octanol–water partition coefficient (Wildman–Crippen LogP) is 2.04. The van der Waals surface area contributed by atoms with E-state index in [0.29, 0.717) is 29.6 Å². The van der Waals surface area contributed by atoms with Gasteiger partial charge in [0.05, 0.1) is 17.5 Å². The molecule has 2 aromatic rings. The van der Waals surface area contributed by atoms with Crippen molar-refractivity contribution in [3.8, 4) is 6.08 Å². The maximum Gasteiger partial charge on any atom is 0.397 e. The van der Waals surface area contributed by atoms with Gasteiger partial charge in [-0.25, -0.2) is 4.79 Å².